The Balaban J connectivity index is -0.000000511. The molecule has 135 valence electrons. The SMILES string of the molecule is CP(C)C.N#CC(C#N)[C@H]1C=CC=C[C@H]1c1ccccc1.N#[O+].[C-]#[O+].[Mn]. The van der Waals surface area contributed by atoms with Crippen LogP contribution in [0.3, 0.4) is 0 Å². The number of benzene rings is 1. The van der Waals surface area contributed by atoms with Gasteiger partial charge in [-0.1, -0.05) is 54.6 Å². The minimum atomic E-state index is -0.596. The molecule has 0 saturated heterocycles. The zero-order valence-corrected chi connectivity index (χ0v) is 17.0. The van der Waals surface area contributed by atoms with Gasteiger partial charge in [0.15, 0.2) is 0 Å². The van der Waals surface area contributed by atoms with Crippen LogP contribution in [0.15, 0.2) is 54.6 Å². The molecule has 1 radical (unpaired) electrons. The maximum atomic E-state index is 9.01. The third-order valence-corrected chi connectivity index (χ3v) is 3.03. The van der Waals surface area contributed by atoms with Gasteiger partial charge in [-0.2, -0.15) is 10.5 Å². The van der Waals surface area contributed by atoms with Gasteiger partial charge in [0.25, 0.3) is 0 Å². The molecule has 0 spiro atoms. The Bertz CT molecular complexity index is 635. The summed E-state index contributed by atoms with van der Waals surface area (Å²) < 4.78 is 14.8. The Morgan fingerprint density at radius 3 is 1.81 bits per heavy atom. The van der Waals surface area contributed by atoms with Gasteiger partial charge in [-0.05, 0) is 25.6 Å². The van der Waals surface area contributed by atoms with Crippen molar-refractivity contribution in [2.75, 3.05) is 20.0 Å². The van der Waals surface area contributed by atoms with Gasteiger partial charge in [0.2, 0.25) is 0 Å². The normalized spacial score (nSPS) is 16.0. The smallest absolute Gasteiger partial charge is 0 e. The van der Waals surface area contributed by atoms with Gasteiger partial charge < -0.3 is 0 Å². The van der Waals surface area contributed by atoms with E-state index in [1.54, 1.807) is 0 Å². The van der Waals surface area contributed by atoms with Crippen molar-refractivity contribution in [3.63, 3.8) is 0 Å². The quantitative estimate of drug-likeness (QED) is 0.312. The fourth-order valence-electron chi connectivity index (χ4n) is 2.15. The number of hydrogen-bond donors (Lipinski definition) is 0. The number of nitrogens with zero attached hydrogens (tertiary/aromatic N) is 3. The fourth-order valence-corrected chi connectivity index (χ4v) is 2.15. The summed E-state index contributed by atoms with van der Waals surface area (Å²) in [5.41, 5.74) is 6.90. The van der Waals surface area contributed by atoms with Gasteiger partial charge in [0, 0.05) is 28.9 Å². The van der Waals surface area contributed by atoms with E-state index in [9.17, 15) is 0 Å². The third kappa shape index (κ3) is 11.6. The molecule has 1 aliphatic rings. The van der Waals surface area contributed by atoms with Gasteiger partial charge >= 0.3 is 21.5 Å². The molecule has 7 heteroatoms. The van der Waals surface area contributed by atoms with Crippen molar-refractivity contribution in [1.29, 1.82) is 16.0 Å². The summed E-state index contributed by atoms with van der Waals surface area (Å²) in [5, 5.41) is 18.0. The average molecular weight is 409 g/mol. The number of nitriles is 2. The molecule has 0 fully saturated rings. The molecular weight excluding hydrogens is 388 g/mol. The van der Waals surface area contributed by atoms with Crippen molar-refractivity contribution in [3.8, 4) is 12.1 Å². The van der Waals surface area contributed by atoms with E-state index in [0.717, 1.165) is 5.56 Å². The van der Waals surface area contributed by atoms with Crippen molar-refractivity contribution in [2.24, 2.45) is 11.8 Å². The molecule has 0 aromatic heterocycles. The van der Waals surface area contributed by atoms with Crippen molar-refractivity contribution in [2.45, 2.75) is 5.92 Å². The average Bonchev–Trinajstić information content (AvgIpc) is 2.67. The van der Waals surface area contributed by atoms with E-state index in [4.69, 9.17) is 25.4 Å². The fraction of sp³-hybridized carbons (Fsp3) is 0.316. The molecule has 26 heavy (non-hydrogen) atoms. The first-order valence-corrected chi connectivity index (χ1v) is 9.97. The zero-order valence-electron chi connectivity index (χ0n) is 14.9. The van der Waals surface area contributed by atoms with Gasteiger partial charge in [-0.3, -0.25) is 0 Å². The molecule has 0 amide bonds. The van der Waals surface area contributed by atoms with E-state index in [0.29, 0.717) is 7.92 Å². The maximum Gasteiger partial charge on any atom is 0 e. The summed E-state index contributed by atoms with van der Waals surface area (Å²) in [5.74, 6) is -0.538. The first-order valence-electron chi connectivity index (χ1n) is 7.29. The summed E-state index contributed by atoms with van der Waals surface area (Å²) >= 11 is 0. The van der Waals surface area contributed by atoms with Crippen LogP contribution in [0.2, 0.25) is 0 Å². The molecule has 0 aliphatic heterocycles. The minimum Gasteiger partial charge on any atom is 0 e. The molecule has 0 unspecified atom stereocenters. The molecule has 1 aliphatic carbocycles. The molecular formula is C19H21MnN3O2P+. The van der Waals surface area contributed by atoms with Crippen molar-refractivity contribution < 1.29 is 26.5 Å². The Kier molecular flexibility index (Phi) is 21.5. The summed E-state index contributed by atoms with van der Waals surface area (Å²) in [6.07, 6.45) is 7.89. The number of hydrogen-bond acceptors (Lipinski definition) is 3. The zero-order chi connectivity index (χ0) is 19.7. The largest absolute Gasteiger partial charge is 0 e. The topological polar surface area (TPSA) is 111 Å². The predicted octanol–water partition coefficient (Wildman–Crippen LogP) is 4.39. The van der Waals surface area contributed by atoms with Crippen LogP contribution in [0.4, 0.5) is 0 Å². The molecule has 0 N–H and O–H groups in total. The van der Waals surface area contributed by atoms with Crippen molar-refractivity contribution >= 4 is 7.92 Å². The van der Waals surface area contributed by atoms with E-state index in [-0.39, 0.29) is 28.9 Å². The third-order valence-electron chi connectivity index (χ3n) is 3.03. The molecule has 1 aromatic carbocycles. The number of rotatable bonds is 2. The Morgan fingerprint density at radius 1 is 0.962 bits per heavy atom. The number of allylic oxidation sites excluding steroid dienone is 4. The predicted molar refractivity (Wildman–Crippen MR) is 96.7 cm³/mol. The Hall–Kier alpha value is -1.96. The summed E-state index contributed by atoms with van der Waals surface area (Å²) in [7, 11) is 0.380. The second-order valence-electron chi connectivity index (χ2n) is 5.36. The van der Waals surface area contributed by atoms with Crippen LogP contribution in [0, 0.1) is 46.6 Å². The molecule has 0 saturated carbocycles. The van der Waals surface area contributed by atoms with E-state index < -0.39 is 5.92 Å². The minimum absolute atomic E-state index is 0. The van der Waals surface area contributed by atoms with Gasteiger partial charge in [0.05, 0.1) is 12.1 Å². The Labute approximate surface area is 167 Å². The summed E-state index contributed by atoms with van der Waals surface area (Å²) in [6, 6.07) is 14.1. The maximum absolute atomic E-state index is 9.01. The van der Waals surface area contributed by atoms with Gasteiger partial charge in [-0.25, -0.2) is 0 Å². The van der Waals surface area contributed by atoms with Crippen LogP contribution in [0.5, 0.6) is 0 Å². The molecule has 0 heterocycles. The molecule has 2 rings (SSSR count). The van der Waals surface area contributed by atoms with Crippen LogP contribution < -0.4 is 0 Å². The molecule has 0 bridgehead atoms. The van der Waals surface area contributed by atoms with Gasteiger partial charge in [-0.15, -0.1) is 7.92 Å². The first kappa shape index (κ1) is 28.8. The van der Waals surface area contributed by atoms with E-state index in [2.05, 4.69) is 44.9 Å². The van der Waals surface area contributed by atoms with E-state index >= 15 is 0 Å². The second kappa shape index (κ2) is 19.4. The Morgan fingerprint density at radius 2 is 1.38 bits per heavy atom. The van der Waals surface area contributed by atoms with Crippen LogP contribution in [0.1, 0.15) is 11.5 Å². The van der Waals surface area contributed by atoms with Gasteiger partial charge in [0.1, 0.15) is 5.92 Å². The summed E-state index contributed by atoms with van der Waals surface area (Å²) in [6.45, 7) is 11.2. The molecule has 1 aromatic rings. The molecule has 2 atom stereocenters. The van der Waals surface area contributed by atoms with Crippen LogP contribution in [-0.2, 0) is 26.5 Å². The first-order chi connectivity index (χ1) is 12.1. The van der Waals surface area contributed by atoms with Crippen LogP contribution in [-0.4, -0.2) is 20.0 Å². The molecule has 5 nitrogen and oxygen atoms in total. The van der Waals surface area contributed by atoms with Crippen molar-refractivity contribution in [3.05, 3.63) is 66.8 Å². The summed E-state index contributed by atoms with van der Waals surface area (Å²) in [4.78, 5) is 0. The van der Waals surface area contributed by atoms with Crippen LogP contribution in [0.25, 0.3) is 0 Å². The van der Waals surface area contributed by atoms with Crippen LogP contribution >= 0.6 is 7.92 Å². The monoisotopic (exact) mass is 409 g/mol. The second-order valence-corrected chi connectivity index (χ2v) is 8.04. The van der Waals surface area contributed by atoms with E-state index in [1.807, 2.05) is 48.6 Å². The van der Waals surface area contributed by atoms with E-state index in [1.165, 1.54) is 0 Å². The standard InChI is InChI=1S/C15H12N2.C3H9P.CO.Mn.NO/c16-10-13(11-17)15-9-5-4-8-14(15)12-6-2-1-3-7-12;1-4(2)3;1-2;;1-2/h1-9,13-15H;1-3H3;;;/q;;;;+1/t14-,15+;;;;/m0..../s1. The van der Waals surface area contributed by atoms with Crippen molar-refractivity contribution in [1.82, 2.24) is 0 Å².